The Hall–Kier alpha value is -2.53. The Bertz CT molecular complexity index is 1300. The number of anilines is 1. The zero-order valence-electron chi connectivity index (χ0n) is 24.2. The number of nitrogens with zero attached hydrogens (tertiary/aromatic N) is 1. The highest BCUT2D eigenvalue weighted by Crippen LogP contribution is 2.57. The second-order valence-electron chi connectivity index (χ2n) is 12.4. The number of morpholine rings is 1. The summed E-state index contributed by atoms with van der Waals surface area (Å²) in [4.78, 5) is 30.5. The van der Waals surface area contributed by atoms with Crippen molar-refractivity contribution < 1.29 is 23.5 Å². The van der Waals surface area contributed by atoms with E-state index in [4.69, 9.17) is 9.47 Å². The van der Waals surface area contributed by atoms with Crippen LogP contribution in [0, 0.1) is 11.2 Å². The van der Waals surface area contributed by atoms with Crippen molar-refractivity contribution in [3.8, 4) is 5.75 Å². The quantitative estimate of drug-likeness (QED) is 0.379. The maximum atomic E-state index is 16.0. The molecule has 0 bridgehead atoms. The van der Waals surface area contributed by atoms with E-state index >= 15 is 4.39 Å². The van der Waals surface area contributed by atoms with E-state index in [-0.39, 0.29) is 17.2 Å². The third kappa shape index (κ3) is 5.76. The van der Waals surface area contributed by atoms with Gasteiger partial charge in [0.2, 0.25) is 11.8 Å². The van der Waals surface area contributed by atoms with Gasteiger partial charge in [-0.3, -0.25) is 14.5 Å². The van der Waals surface area contributed by atoms with Crippen LogP contribution in [0.3, 0.4) is 0 Å². The summed E-state index contributed by atoms with van der Waals surface area (Å²) in [5.74, 6) is -1.12. The van der Waals surface area contributed by atoms with Crippen LogP contribution in [0.2, 0.25) is 0 Å². The van der Waals surface area contributed by atoms with E-state index in [1.807, 2.05) is 12.1 Å². The van der Waals surface area contributed by atoms with Crippen molar-refractivity contribution in [3.63, 3.8) is 0 Å². The molecule has 0 aliphatic carbocycles. The smallest absolute Gasteiger partial charge is 0.237 e. The van der Waals surface area contributed by atoms with Gasteiger partial charge in [-0.05, 0) is 64.0 Å². The van der Waals surface area contributed by atoms with Crippen molar-refractivity contribution in [3.05, 3.63) is 57.8 Å². The van der Waals surface area contributed by atoms with Crippen molar-refractivity contribution in [1.82, 2.24) is 15.5 Å². The van der Waals surface area contributed by atoms with Crippen molar-refractivity contribution in [1.29, 1.82) is 0 Å². The maximum absolute atomic E-state index is 16.0. The van der Waals surface area contributed by atoms with Gasteiger partial charge >= 0.3 is 0 Å². The van der Waals surface area contributed by atoms with Gasteiger partial charge in [0, 0.05) is 43.3 Å². The number of benzene rings is 2. The minimum atomic E-state index is -1.22. The first-order valence-electron chi connectivity index (χ1n) is 14.3. The number of carbonyl (C=O) groups excluding carboxylic acids is 2. The lowest BCUT2D eigenvalue weighted by Crippen LogP contribution is -2.49. The summed E-state index contributed by atoms with van der Waals surface area (Å²) >= 11 is 3.34. The molecular weight excluding hydrogens is 591 g/mol. The number of halogens is 2. The van der Waals surface area contributed by atoms with Crippen molar-refractivity contribution in [2.75, 3.05) is 51.8 Å². The van der Waals surface area contributed by atoms with Crippen molar-refractivity contribution >= 4 is 33.4 Å². The molecule has 2 fully saturated rings. The zero-order chi connectivity index (χ0) is 29.4. The average Bonchev–Trinajstić information content (AvgIpc) is 3.42. The van der Waals surface area contributed by atoms with Gasteiger partial charge < -0.3 is 25.4 Å². The molecule has 3 aliphatic heterocycles. The van der Waals surface area contributed by atoms with Gasteiger partial charge in [-0.2, -0.15) is 0 Å². The van der Waals surface area contributed by atoms with Crippen LogP contribution < -0.4 is 20.7 Å². The molecule has 2 aromatic rings. The van der Waals surface area contributed by atoms with Crippen LogP contribution in [0.25, 0.3) is 0 Å². The first-order chi connectivity index (χ1) is 19.6. The molecule has 2 aromatic carbocycles. The first-order valence-corrected chi connectivity index (χ1v) is 15.1. The number of hydrogen-bond donors (Lipinski definition) is 3. The highest BCUT2D eigenvalue weighted by molar-refractivity contribution is 9.10. The second kappa shape index (κ2) is 12.0. The molecule has 2 amide bonds. The van der Waals surface area contributed by atoms with Crippen LogP contribution in [0.15, 0.2) is 40.9 Å². The van der Waals surface area contributed by atoms with Gasteiger partial charge in [0.1, 0.15) is 17.0 Å². The number of hydrogen-bond acceptors (Lipinski definition) is 6. The number of ether oxygens (including phenoxy) is 2. The first kappa shape index (κ1) is 29.9. The fourth-order valence-corrected chi connectivity index (χ4v) is 7.12. The summed E-state index contributed by atoms with van der Waals surface area (Å²) < 4.78 is 27.1. The van der Waals surface area contributed by atoms with Crippen molar-refractivity contribution in [2.45, 2.75) is 57.0 Å². The second-order valence-corrected chi connectivity index (χ2v) is 13.3. The normalized spacial score (nSPS) is 26.2. The Morgan fingerprint density at radius 2 is 2.00 bits per heavy atom. The van der Waals surface area contributed by atoms with Crippen LogP contribution >= 0.6 is 15.9 Å². The molecular formula is C31H40BrFN4O4. The monoisotopic (exact) mass is 630 g/mol. The minimum absolute atomic E-state index is 0.177. The van der Waals surface area contributed by atoms with Gasteiger partial charge in [0.15, 0.2) is 0 Å². The molecule has 3 aliphatic rings. The van der Waals surface area contributed by atoms with E-state index in [9.17, 15) is 9.59 Å². The number of nitrogens with one attached hydrogen (secondary N) is 3. The summed E-state index contributed by atoms with van der Waals surface area (Å²) in [7, 11) is 1.58. The van der Waals surface area contributed by atoms with E-state index in [0.29, 0.717) is 34.4 Å². The summed E-state index contributed by atoms with van der Waals surface area (Å²) in [5.41, 5.74) is 0.311. The Balaban J connectivity index is 1.54. The fourth-order valence-electron chi connectivity index (χ4n) is 6.74. The summed E-state index contributed by atoms with van der Waals surface area (Å²) in [6.07, 6.45) is 1.38. The van der Waals surface area contributed by atoms with E-state index in [1.54, 1.807) is 31.4 Å². The number of fused-ring (bicyclic) bond motifs is 2. The van der Waals surface area contributed by atoms with Gasteiger partial charge in [0.25, 0.3) is 0 Å². The number of carbonyl (C=O) groups is 2. The summed E-state index contributed by atoms with van der Waals surface area (Å²) in [6.45, 7) is 10.9. The van der Waals surface area contributed by atoms with E-state index in [2.05, 4.69) is 57.6 Å². The molecule has 222 valence electrons. The van der Waals surface area contributed by atoms with E-state index in [0.717, 1.165) is 44.8 Å². The molecule has 0 unspecified atom stereocenters. The number of rotatable bonds is 8. The summed E-state index contributed by atoms with van der Waals surface area (Å²) in [5, 5.41) is 9.71. The molecule has 41 heavy (non-hydrogen) atoms. The van der Waals surface area contributed by atoms with Crippen LogP contribution in [0.4, 0.5) is 10.1 Å². The molecule has 0 saturated carbocycles. The Morgan fingerprint density at radius 3 is 2.71 bits per heavy atom. The number of amides is 2. The third-order valence-corrected chi connectivity index (χ3v) is 9.13. The van der Waals surface area contributed by atoms with E-state index in [1.165, 1.54) is 0 Å². The zero-order valence-corrected chi connectivity index (χ0v) is 25.8. The minimum Gasteiger partial charge on any atom is -0.497 e. The highest BCUT2D eigenvalue weighted by atomic mass is 79.9. The van der Waals surface area contributed by atoms with Crippen LogP contribution in [0.1, 0.15) is 50.7 Å². The molecule has 2 saturated heterocycles. The number of methoxy groups -OCH3 is 1. The predicted octanol–water partition coefficient (Wildman–Crippen LogP) is 4.19. The van der Waals surface area contributed by atoms with Crippen LogP contribution in [-0.4, -0.2) is 75.3 Å². The fraction of sp³-hybridized carbons (Fsp3) is 0.548. The lowest BCUT2D eigenvalue weighted by Gasteiger charge is -2.37. The average molecular weight is 632 g/mol. The predicted molar refractivity (Wildman–Crippen MR) is 160 cm³/mol. The third-order valence-electron chi connectivity index (χ3n) is 8.52. The standard InChI is InChI=1S/C31H40BrFN4O4/c1-30(2,3)18-24-31(21-10-9-19(40-4)17-23(21)35-29(31)39)25(20-7-5-8-22(32)26(20)33)27(36-24)28(38)34-11-6-12-37-13-15-41-16-14-37/h5,7-10,17,24-25,27,36H,6,11-16,18H2,1-4H3,(H,34,38)(H,35,39)/t24-,25+,27-,31+/m1/s1. The van der Waals surface area contributed by atoms with Gasteiger partial charge in [-0.25, -0.2) is 4.39 Å². The van der Waals surface area contributed by atoms with Crippen molar-refractivity contribution in [2.24, 2.45) is 5.41 Å². The topological polar surface area (TPSA) is 91.9 Å². The molecule has 0 radical (unpaired) electrons. The molecule has 8 nitrogen and oxygen atoms in total. The van der Waals surface area contributed by atoms with Crippen LogP contribution in [-0.2, 0) is 19.7 Å². The maximum Gasteiger partial charge on any atom is 0.237 e. The lowest BCUT2D eigenvalue weighted by molar-refractivity contribution is -0.123. The molecule has 0 aromatic heterocycles. The molecule has 3 N–H and O–H groups in total. The Labute approximate surface area is 249 Å². The van der Waals surface area contributed by atoms with Gasteiger partial charge in [-0.1, -0.05) is 39.0 Å². The Kier molecular flexibility index (Phi) is 8.76. The summed E-state index contributed by atoms with van der Waals surface area (Å²) in [6, 6.07) is 9.33. The molecule has 5 rings (SSSR count). The van der Waals surface area contributed by atoms with E-state index < -0.39 is 29.2 Å². The largest absolute Gasteiger partial charge is 0.497 e. The van der Waals surface area contributed by atoms with Crippen LogP contribution in [0.5, 0.6) is 5.75 Å². The van der Waals surface area contributed by atoms with Gasteiger partial charge in [-0.15, -0.1) is 0 Å². The molecule has 10 heteroatoms. The Morgan fingerprint density at radius 1 is 1.24 bits per heavy atom. The molecule has 1 spiro atoms. The molecule has 4 atom stereocenters. The van der Waals surface area contributed by atoms with Gasteiger partial charge in [0.05, 0.1) is 30.8 Å². The molecule has 3 heterocycles. The lowest BCUT2D eigenvalue weighted by atomic mass is 9.62. The SMILES string of the molecule is COc1ccc2c(c1)NC(=O)[C@]21[C@@H](CC(C)(C)C)N[C@@H](C(=O)NCCCN2CCOCC2)[C@@H]1c1cccc(Br)c1F. The highest BCUT2D eigenvalue weighted by Gasteiger charge is 2.66.